The topological polar surface area (TPSA) is 59.9 Å². The smallest absolute Gasteiger partial charge is 0.227 e. The van der Waals surface area contributed by atoms with E-state index in [1.165, 1.54) is 12.4 Å². The molecule has 0 aliphatic heterocycles. The molecule has 0 unspecified atom stereocenters. The molecule has 0 radical (unpaired) electrons. The molecule has 13 heavy (non-hydrogen) atoms. The predicted octanol–water partition coefficient (Wildman–Crippen LogP) is 1.05. The Hall–Kier alpha value is -0.970. The minimum Gasteiger partial charge on any atom is -0.227 e. The third kappa shape index (κ3) is 2.03. The van der Waals surface area contributed by atoms with E-state index >= 15 is 0 Å². The summed E-state index contributed by atoms with van der Waals surface area (Å²) in [6.07, 6.45) is 3.44. The fourth-order valence-corrected chi connectivity index (χ4v) is 2.05. The fourth-order valence-electron chi connectivity index (χ4n) is 0.832. The van der Waals surface area contributed by atoms with Gasteiger partial charge in [0.25, 0.3) is 0 Å². The first-order valence-corrected chi connectivity index (χ1v) is 5.64. The van der Waals surface area contributed by atoms with Gasteiger partial charge in [-0.15, -0.1) is 0 Å². The lowest BCUT2D eigenvalue weighted by molar-refractivity contribution is 0.571. The van der Waals surface area contributed by atoms with Crippen molar-refractivity contribution < 1.29 is 8.42 Å². The maximum atomic E-state index is 11.6. The van der Waals surface area contributed by atoms with E-state index in [0.717, 1.165) is 0 Å². The third-order valence-corrected chi connectivity index (χ3v) is 4.01. The van der Waals surface area contributed by atoms with Gasteiger partial charge in [0, 0.05) is 12.4 Å². The summed E-state index contributed by atoms with van der Waals surface area (Å²) < 4.78 is 23.3. The van der Waals surface area contributed by atoms with Gasteiger partial charge in [-0.3, -0.25) is 0 Å². The summed E-state index contributed by atoms with van der Waals surface area (Å²) in [5, 5.41) is -0.501. The standard InChI is InChI=1S/C8H12N2O2S/c1-3-7(2)13(11,12)8-9-5-4-6-10-8/h4-7H,3H2,1-2H3/t7-/m0/s1. The summed E-state index contributed by atoms with van der Waals surface area (Å²) in [5.41, 5.74) is 0. The van der Waals surface area contributed by atoms with Gasteiger partial charge in [-0.05, 0) is 19.4 Å². The van der Waals surface area contributed by atoms with Gasteiger partial charge in [0.2, 0.25) is 15.0 Å². The lowest BCUT2D eigenvalue weighted by Gasteiger charge is -2.07. The normalized spacial score (nSPS) is 14.0. The van der Waals surface area contributed by atoms with Crippen LogP contribution in [0.25, 0.3) is 0 Å². The van der Waals surface area contributed by atoms with E-state index in [-0.39, 0.29) is 5.16 Å². The maximum Gasteiger partial charge on any atom is 0.247 e. The lowest BCUT2D eigenvalue weighted by Crippen LogP contribution is -2.19. The molecule has 0 amide bonds. The number of hydrogen-bond acceptors (Lipinski definition) is 4. The lowest BCUT2D eigenvalue weighted by atomic mass is 10.4. The van der Waals surface area contributed by atoms with E-state index in [4.69, 9.17) is 0 Å². The van der Waals surface area contributed by atoms with E-state index in [2.05, 4.69) is 9.97 Å². The molecule has 0 N–H and O–H groups in total. The van der Waals surface area contributed by atoms with Crippen LogP contribution < -0.4 is 0 Å². The Bertz CT molecular complexity index is 361. The van der Waals surface area contributed by atoms with Gasteiger partial charge in [-0.2, -0.15) is 0 Å². The molecule has 4 nitrogen and oxygen atoms in total. The Morgan fingerprint density at radius 1 is 1.38 bits per heavy atom. The highest BCUT2D eigenvalue weighted by Crippen LogP contribution is 2.12. The minimum atomic E-state index is -3.31. The molecule has 1 aromatic heterocycles. The van der Waals surface area contributed by atoms with Crippen LogP contribution in [0.3, 0.4) is 0 Å². The molecule has 0 saturated carbocycles. The van der Waals surface area contributed by atoms with Crippen LogP contribution in [0.2, 0.25) is 0 Å². The molecule has 0 aliphatic rings. The van der Waals surface area contributed by atoms with E-state index in [1.54, 1.807) is 13.0 Å². The largest absolute Gasteiger partial charge is 0.247 e. The van der Waals surface area contributed by atoms with Gasteiger partial charge in [-0.1, -0.05) is 6.92 Å². The number of hydrogen-bond donors (Lipinski definition) is 0. The van der Waals surface area contributed by atoms with Crippen molar-refractivity contribution in [3.05, 3.63) is 18.5 Å². The van der Waals surface area contributed by atoms with Crippen LogP contribution in [0.5, 0.6) is 0 Å². The summed E-state index contributed by atoms with van der Waals surface area (Å²) in [7, 11) is -3.31. The van der Waals surface area contributed by atoms with E-state index in [1.807, 2.05) is 6.92 Å². The Kier molecular flexibility index (Phi) is 2.98. The first-order chi connectivity index (χ1) is 6.09. The van der Waals surface area contributed by atoms with Crippen LogP contribution in [0.1, 0.15) is 20.3 Å². The van der Waals surface area contributed by atoms with Gasteiger partial charge < -0.3 is 0 Å². The predicted molar refractivity (Wildman–Crippen MR) is 49.0 cm³/mol. The first kappa shape index (κ1) is 10.1. The van der Waals surface area contributed by atoms with Gasteiger partial charge >= 0.3 is 0 Å². The zero-order valence-electron chi connectivity index (χ0n) is 7.64. The van der Waals surface area contributed by atoms with Crippen LogP contribution in [0, 0.1) is 0 Å². The second kappa shape index (κ2) is 3.83. The zero-order valence-corrected chi connectivity index (χ0v) is 8.45. The molecule has 72 valence electrons. The average Bonchev–Trinajstić information content (AvgIpc) is 2.18. The molecule has 0 aromatic carbocycles. The van der Waals surface area contributed by atoms with E-state index in [9.17, 15) is 8.42 Å². The molecule has 0 saturated heterocycles. The highest BCUT2D eigenvalue weighted by molar-refractivity contribution is 7.91. The van der Waals surface area contributed by atoms with Crippen molar-refractivity contribution in [2.45, 2.75) is 30.7 Å². The van der Waals surface area contributed by atoms with Gasteiger partial charge in [0.05, 0.1) is 5.25 Å². The van der Waals surface area contributed by atoms with E-state index < -0.39 is 15.1 Å². The molecule has 5 heteroatoms. The van der Waals surface area contributed by atoms with E-state index in [0.29, 0.717) is 6.42 Å². The highest BCUT2D eigenvalue weighted by Gasteiger charge is 2.23. The Morgan fingerprint density at radius 3 is 2.38 bits per heavy atom. The second-order valence-electron chi connectivity index (χ2n) is 2.80. The van der Waals surface area contributed by atoms with Crippen molar-refractivity contribution in [2.24, 2.45) is 0 Å². The monoisotopic (exact) mass is 200 g/mol. The molecular formula is C8H12N2O2S. The Labute approximate surface area is 78.0 Å². The fraction of sp³-hybridized carbons (Fsp3) is 0.500. The summed E-state index contributed by atoms with van der Waals surface area (Å²) in [5.74, 6) is 0. The van der Waals surface area contributed by atoms with Crippen LogP contribution in [-0.4, -0.2) is 23.6 Å². The minimum absolute atomic E-state index is 0.0793. The number of aromatic nitrogens is 2. The first-order valence-electron chi connectivity index (χ1n) is 4.10. The second-order valence-corrected chi connectivity index (χ2v) is 5.06. The molecular weight excluding hydrogens is 188 g/mol. The van der Waals surface area contributed by atoms with Gasteiger partial charge in [0.1, 0.15) is 0 Å². The molecule has 1 heterocycles. The van der Waals surface area contributed by atoms with Gasteiger partial charge in [-0.25, -0.2) is 18.4 Å². The number of rotatable bonds is 3. The quantitative estimate of drug-likeness (QED) is 0.684. The van der Waals surface area contributed by atoms with Crippen molar-refractivity contribution in [2.75, 3.05) is 0 Å². The number of sulfone groups is 1. The average molecular weight is 200 g/mol. The highest BCUT2D eigenvalue weighted by atomic mass is 32.2. The molecule has 0 aliphatic carbocycles. The molecule has 1 rings (SSSR count). The summed E-state index contributed by atoms with van der Waals surface area (Å²) in [4.78, 5) is 7.44. The van der Waals surface area contributed by atoms with Crippen LogP contribution >= 0.6 is 0 Å². The summed E-state index contributed by atoms with van der Waals surface area (Å²) in [6.45, 7) is 3.48. The van der Waals surface area contributed by atoms with Crippen LogP contribution in [-0.2, 0) is 9.84 Å². The van der Waals surface area contributed by atoms with Crippen LogP contribution in [0.15, 0.2) is 23.6 Å². The SMILES string of the molecule is CC[C@H](C)S(=O)(=O)c1ncccn1. The molecule has 1 aromatic rings. The van der Waals surface area contributed by atoms with Gasteiger partial charge in [0.15, 0.2) is 0 Å². The molecule has 0 fully saturated rings. The summed E-state index contributed by atoms with van der Waals surface area (Å²) >= 11 is 0. The van der Waals surface area contributed by atoms with Crippen molar-refractivity contribution in [1.29, 1.82) is 0 Å². The molecule has 0 spiro atoms. The van der Waals surface area contributed by atoms with Crippen LogP contribution in [0.4, 0.5) is 0 Å². The molecule has 0 bridgehead atoms. The Morgan fingerprint density at radius 2 is 1.92 bits per heavy atom. The van der Waals surface area contributed by atoms with Crippen molar-refractivity contribution in [1.82, 2.24) is 9.97 Å². The summed E-state index contributed by atoms with van der Waals surface area (Å²) in [6, 6.07) is 1.59. The molecule has 1 atom stereocenters. The van der Waals surface area contributed by atoms with Crippen molar-refractivity contribution in [3.63, 3.8) is 0 Å². The number of nitrogens with zero attached hydrogens (tertiary/aromatic N) is 2. The third-order valence-electron chi connectivity index (χ3n) is 1.90. The van der Waals surface area contributed by atoms with Crippen molar-refractivity contribution in [3.8, 4) is 0 Å². The maximum absolute atomic E-state index is 11.6. The Balaban J connectivity index is 3.09. The van der Waals surface area contributed by atoms with Crippen molar-refractivity contribution >= 4 is 9.84 Å². The zero-order chi connectivity index (χ0) is 9.90.